The number of fused-ring (bicyclic) bond motifs is 3. The smallest absolute Gasteiger partial charge is 0.165 e. The van der Waals surface area contributed by atoms with Crippen LogP contribution in [0.5, 0.6) is 11.5 Å². The Labute approximate surface area is 192 Å². The number of rotatable bonds is 7. The lowest BCUT2D eigenvalue weighted by Crippen LogP contribution is -2.36. The molecule has 2 aromatic heterocycles. The largest absolute Gasteiger partial charge is 0.493 e. The van der Waals surface area contributed by atoms with Gasteiger partial charge < -0.3 is 19.5 Å². The minimum Gasteiger partial charge on any atom is -0.493 e. The minimum atomic E-state index is 0.605. The molecule has 0 spiro atoms. The topological polar surface area (TPSA) is 68.7 Å². The van der Waals surface area contributed by atoms with E-state index in [9.17, 15) is 0 Å². The van der Waals surface area contributed by atoms with Crippen LogP contribution in [0.4, 0.5) is 5.82 Å². The normalized spacial score (nSPS) is 16.7. The Morgan fingerprint density at radius 3 is 2.75 bits per heavy atom. The van der Waals surface area contributed by atoms with Gasteiger partial charge in [0.2, 0.25) is 0 Å². The molecule has 2 aliphatic rings. The first-order valence-corrected chi connectivity index (χ1v) is 12.1. The van der Waals surface area contributed by atoms with Gasteiger partial charge in [0.1, 0.15) is 16.5 Å². The Kier molecular flexibility index (Phi) is 6.43. The van der Waals surface area contributed by atoms with Gasteiger partial charge in [-0.05, 0) is 37.3 Å². The van der Waals surface area contributed by atoms with Crippen molar-refractivity contribution in [3.05, 3.63) is 40.0 Å². The molecule has 7 nitrogen and oxygen atoms in total. The fourth-order valence-electron chi connectivity index (χ4n) is 4.63. The third-order valence-electron chi connectivity index (χ3n) is 6.26. The van der Waals surface area contributed by atoms with E-state index in [0.717, 1.165) is 79.2 Å². The third kappa shape index (κ3) is 4.27. The predicted octanol–water partition coefficient (Wildman–Crippen LogP) is 4.03. The van der Waals surface area contributed by atoms with Crippen molar-refractivity contribution in [3.63, 3.8) is 0 Å². The minimum absolute atomic E-state index is 0.605. The second-order valence-corrected chi connectivity index (χ2v) is 9.36. The molecule has 8 heteroatoms. The van der Waals surface area contributed by atoms with E-state index in [1.54, 1.807) is 14.2 Å². The van der Waals surface area contributed by atoms with E-state index < -0.39 is 0 Å². The molecule has 1 aliphatic heterocycles. The van der Waals surface area contributed by atoms with Gasteiger partial charge in [-0.1, -0.05) is 12.1 Å². The maximum absolute atomic E-state index is 5.63. The van der Waals surface area contributed by atoms with Gasteiger partial charge in [-0.3, -0.25) is 4.90 Å². The zero-order chi connectivity index (χ0) is 21.9. The van der Waals surface area contributed by atoms with Crippen LogP contribution in [-0.4, -0.2) is 55.4 Å². The molecule has 1 aliphatic carbocycles. The fourth-order valence-corrected chi connectivity index (χ4v) is 5.91. The summed E-state index contributed by atoms with van der Waals surface area (Å²) >= 11 is 1.85. The number of hydrogen-bond donors (Lipinski definition) is 1. The monoisotopic (exact) mass is 454 g/mol. The average Bonchev–Trinajstić information content (AvgIpc) is 3.21. The molecular weight excluding hydrogens is 424 g/mol. The summed E-state index contributed by atoms with van der Waals surface area (Å²) in [7, 11) is 3.35. The molecule has 0 radical (unpaired) electrons. The third-order valence-corrected chi connectivity index (χ3v) is 7.45. The predicted molar refractivity (Wildman–Crippen MR) is 127 cm³/mol. The fraction of sp³-hybridized carbons (Fsp3) is 0.500. The highest BCUT2D eigenvalue weighted by molar-refractivity contribution is 7.19. The summed E-state index contributed by atoms with van der Waals surface area (Å²) in [5.74, 6) is 3.30. The number of morpholine rings is 1. The van der Waals surface area contributed by atoms with Crippen LogP contribution < -0.4 is 14.8 Å². The zero-order valence-electron chi connectivity index (χ0n) is 18.8. The van der Waals surface area contributed by atoms with Crippen LogP contribution >= 0.6 is 11.3 Å². The Morgan fingerprint density at radius 1 is 1.09 bits per heavy atom. The molecular formula is C24H30N4O3S. The van der Waals surface area contributed by atoms with E-state index in [1.807, 2.05) is 23.5 Å². The Bertz CT molecular complexity index is 1090. The van der Waals surface area contributed by atoms with E-state index in [2.05, 4.69) is 16.3 Å². The molecule has 1 saturated heterocycles. The number of para-hydroxylation sites is 1. The number of benzene rings is 1. The van der Waals surface area contributed by atoms with Crippen LogP contribution in [0.3, 0.4) is 0 Å². The average molecular weight is 455 g/mol. The Balaban J connectivity index is 1.49. The van der Waals surface area contributed by atoms with Crippen molar-refractivity contribution in [1.82, 2.24) is 14.9 Å². The van der Waals surface area contributed by atoms with Crippen molar-refractivity contribution < 1.29 is 14.2 Å². The zero-order valence-corrected chi connectivity index (χ0v) is 19.6. The van der Waals surface area contributed by atoms with Gasteiger partial charge in [0.05, 0.1) is 39.4 Å². The van der Waals surface area contributed by atoms with Gasteiger partial charge in [0, 0.05) is 30.1 Å². The summed E-state index contributed by atoms with van der Waals surface area (Å²) in [6, 6.07) is 5.97. The van der Waals surface area contributed by atoms with Crippen molar-refractivity contribution >= 4 is 27.4 Å². The molecule has 5 rings (SSSR count). The highest BCUT2D eigenvalue weighted by Gasteiger charge is 2.22. The van der Waals surface area contributed by atoms with Gasteiger partial charge in [0.15, 0.2) is 11.5 Å². The van der Waals surface area contributed by atoms with Gasteiger partial charge in [-0.15, -0.1) is 11.3 Å². The number of thiophene rings is 1. The number of nitrogens with one attached hydrogen (secondary N) is 1. The molecule has 1 fully saturated rings. The number of aryl methyl sites for hydroxylation is 2. The standard InChI is InChI=1S/C24H30N4O3S/c1-29-18-8-5-6-16(22(18)30-2)14-25-23-21-17-7-3-4-9-19(17)32-24(21)27-20(26-23)15-28-10-12-31-13-11-28/h5-6,8H,3-4,7,9-15H2,1-2H3,(H,25,26,27). The van der Waals surface area contributed by atoms with Gasteiger partial charge in [0.25, 0.3) is 0 Å². The molecule has 0 saturated carbocycles. The first-order chi connectivity index (χ1) is 15.8. The van der Waals surface area contributed by atoms with E-state index >= 15 is 0 Å². The number of ether oxygens (including phenoxy) is 3. The summed E-state index contributed by atoms with van der Waals surface area (Å²) in [5.41, 5.74) is 2.48. The molecule has 32 heavy (non-hydrogen) atoms. The molecule has 1 N–H and O–H groups in total. The van der Waals surface area contributed by atoms with Crippen molar-refractivity contribution in [3.8, 4) is 11.5 Å². The summed E-state index contributed by atoms with van der Waals surface area (Å²) in [6.07, 6.45) is 4.76. The number of aromatic nitrogens is 2. The lowest BCUT2D eigenvalue weighted by atomic mass is 9.97. The molecule has 170 valence electrons. The van der Waals surface area contributed by atoms with E-state index in [4.69, 9.17) is 24.2 Å². The van der Waals surface area contributed by atoms with E-state index in [0.29, 0.717) is 6.54 Å². The van der Waals surface area contributed by atoms with Crippen molar-refractivity contribution in [2.45, 2.75) is 38.8 Å². The van der Waals surface area contributed by atoms with Crippen LogP contribution in [0.25, 0.3) is 10.2 Å². The molecule has 3 aromatic rings. The summed E-state index contributed by atoms with van der Waals surface area (Å²) in [5, 5.41) is 4.83. The van der Waals surface area contributed by atoms with Crippen molar-refractivity contribution in [2.24, 2.45) is 0 Å². The number of nitrogens with zero attached hydrogens (tertiary/aromatic N) is 3. The van der Waals surface area contributed by atoms with Crippen molar-refractivity contribution in [1.29, 1.82) is 0 Å². The number of hydrogen-bond acceptors (Lipinski definition) is 8. The highest BCUT2D eigenvalue weighted by atomic mass is 32.1. The molecule has 0 unspecified atom stereocenters. The summed E-state index contributed by atoms with van der Waals surface area (Å²) < 4.78 is 16.6. The van der Waals surface area contributed by atoms with Gasteiger partial charge in [-0.25, -0.2) is 9.97 Å². The first kappa shape index (κ1) is 21.4. The maximum atomic E-state index is 5.63. The van der Waals surface area contributed by atoms with Crippen LogP contribution in [0.1, 0.15) is 34.7 Å². The number of methoxy groups -OCH3 is 2. The lowest BCUT2D eigenvalue weighted by molar-refractivity contribution is 0.0331. The Morgan fingerprint density at radius 2 is 1.94 bits per heavy atom. The Hall–Kier alpha value is -2.42. The number of anilines is 1. The maximum Gasteiger partial charge on any atom is 0.165 e. The lowest BCUT2D eigenvalue weighted by Gasteiger charge is -2.26. The quantitative estimate of drug-likeness (QED) is 0.578. The molecule has 3 heterocycles. The highest BCUT2D eigenvalue weighted by Crippen LogP contribution is 2.39. The van der Waals surface area contributed by atoms with Gasteiger partial charge >= 0.3 is 0 Å². The molecule has 1 aromatic carbocycles. The van der Waals surface area contributed by atoms with Crippen LogP contribution in [0.15, 0.2) is 18.2 Å². The van der Waals surface area contributed by atoms with E-state index in [-0.39, 0.29) is 0 Å². The first-order valence-electron chi connectivity index (χ1n) is 11.3. The van der Waals surface area contributed by atoms with Crippen LogP contribution in [0.2, 0.25) is 0 Å². The summed E-state index contributed by atoms with van der Waals surface area (Å²) in [6.45, 7) is 4.75. The summed E-state index contributed by atoms with van der Waals surface area (Å²) in [4.78, 5) is 15.0. The van der Waals surface area contributed by atoms with E-state index in [1.165, 1.54) is 28.7 Å². The molecule has 0 atom stereocenters. The van der Waals surface area contributed by atoms with Crippen LogP contribution in [0, 0.1) is 0 Å². The van der Waals surface area contributed by atoms with Gasteiger partial charge in [-0.2, -0.15) is 0 Å². The second kappa shape index (κ2) is 9.60. The molecule has 0 bridgehead atoms. The van der Waals surface area contributed by atoms with Crippen molar-refractivity contribution in [2.75, 3.05) is 45.8 Å². The SMILES string of the molecule is COc1cccc(CNc2nc(CN3CCOCC3)nc3sc4c(c23)CCCC4)c1OC. The van der Waals surface area contributed by atoms with Crippen LogP contribution in [-0.2, 0) is 30.7 Å². The second-order valence-electron chi connectivity index (χ2n) is 8.27. The molecule has 0 amide bonds.